The van der Waals surface area contributed by atoms with Crippen LogP contribution in [0.5, 0.6) is 0 Å². The summed E-state index contributed by atoms with van der Waals surface area (Å²) in [6.45, 7) is 1.97. The van der Waals surface area contributed by atoms with E-state index in [1.54, 1.807) is 12.3 Å². The molecule has 0 aliphatic heterocycles. The van der Waals surface area contributed by atoms with E-state index in [1.807, 2.05) is 37.3 Å². The fourth-order valence-corrected chi connectivity index (χ4v) is 3.17. The molecule has 7 heteroatoms. The number of hydrogen-bond donors (Lipinski definition) is 1. The molecule has 1 aromatic carbocycles. The summed E-state index contributed by atoms with van der Waals surface area (Å²) in [4.78, 5) is 16.6. The lowest BCUT2D eigenvalue weighted by Crippen LogP contribution is -2.13. The summed E-state index contributed by atoms with van der Waals surface area (Å²) in [5.74, 6) is -0.183. The minimum Gasteiger partial charge on any atom is -0.296 e. The molecule has 0 bridgehead atoms. The number of aryl methyl sites for hydroxylation is 1. The molecule has 0 spiro atoms. The number of anilines is 1. The van der Waals surface area contributed by atoms with E-state index in [1.165, 1.54) is 11.3 Å². The van der Waals surface area contributed by atoms with Gasteiger partial charge < -0.3 is 0 Å². The predicted octanol–water partition coefficient (Wildman–Crippen LogP) is 3.77. The molecular formula is C15H11IN4OS. The molecule has 5 nitrogen and oxygen atoms in total. The van der Waals surface area contributed by atoms with Crippen molar-refractivity contribution in [2.75, 3.05) is 5.32 Å². The van der Waals surface area contributed by atoms with Crippen molar-refractivity contribution in [3.05, 3.63) is 57.3 Å². The number of nitrogens with one attached hydrogen (secondary N) is 1. The van der Waals surface area contributed by atoms with Gasteiger partial charge in [0, 0.05) is 9.77 Å². The molecule has 2 heterocycles. The van der Waals surface area contributed by atoms with Crippen molar-refractivity contribution in [2.24, 2.45) is 0 Å². The molecule has 22 heavy (non-hydrogen) atoms. The average Bonchev–Trinajstić information content (AvgIpc) is 2.99. The second-order valence-corrected chi connectivity index (χ2v) is 6.57. The number of hydrogen-bond acceptors (Lipinski definition) is 5. The first kappa shape index (κ1) is 15.0. The number of carbonyl (C=O) groups is 1. The summed E-state index contributed by atoms with van der Waals surface area (Å²) in [6, 6.07) is 11.2. The van der Waals surface area contributed by atoms with Gasteiger partial charge in [0.1, 0.15) is 5.69 Å². The molecule has 0 aliphatic carbocycles. The number of amides is 1. The molecule has 0 radical (unpaired) electrons. The molecule has 3 rings (SSSR count). The first-order valence-corrected chi connectivity index (χ1v) is 8.36. The van der Waals surface area contributed by atoms with Crippen LogP contribution in [0.25, 0.3) is 10.7 Å². The molecule has 0 aliphatic rings. The lowest BCUT2D eigenvalue weighted by atomic mass is 10.1. The first-order valence-electron chi connectivity index (χ1n) is 6.46. The third kappa shape index (κ3) is 3.14. The minimum absolute atomic E-state index is 0.183. The Bertz CT molecular complexity index is 819. The van der Waals surface area contributed by atoms with Gasteiger partial charge in [0.15, 0.2) is 5.01 Å². The summed E-state index contributed by atoms with van der Waals surface area (Å²) in [5, 5.41) is 12.0. The van der Waals surface area contributed by atoms with Crippen molar-refractivity contribution in [2.45, 2.75) is 6.92 Å². The molecular weight excluding hydrogens is 411 g/mol. The van der Waals surface area contributed by atoms with E-state index in [2.05, 4.69) is 43.1 Å². The van der Waals surface area contributed by atoms with E-state index >= 15 is 0 Å². The van der Waals surface area contributed by atoms with Crippen LogP contribution in [0.3, 0.4) is 0 Å². The number of pyridine rings is 1. The highest BCUT2D eigenvalue weighted by molar-refractivity contribution is 14.1. The van der Waals surface area contributed by atoms with Crippen LogP contribution in [0.15, 0.2) is 42.6 Å². The van der Waals surface area contributed by atoms with Crippen molar-refractivity contribution < 1.29 is 4.79 Å². The topological polar surface area (TPSA) is 67.8 Å². The number of aromatic nitrogens is 3. The molecule has 0 saturated carbocycles. The van der Waals surface area contributed by atoms with Gasteiger partial charge in [0.05, 0.1) is 5.56 Å². The van der Waals surface area contributed by atoms with E-state index < -0.39 is 0 Å². The first-order chi connectivity index (χ1) is 10.6. The fourth-order valence-electron chi connectivity index (χ4n) is 1.85. The summed E-state index contributed by atoms with van der Waals surface area (Å²) in [6.07, 6.45) is 1.70. The van der Waals surface area contributed by atoms with Crippen LogP contribution < -0.4 is 5.32 Å². The Hall–Kier alpha value is -1.87. The molecule has 0 saturated heterocycles. The molecule has 0 atom stereocenters. The largest absolute Gasteiger partial charge is 0.296 e. The Kier molecular flexibility index (Phi) is 4.44. The lowest BCUT2D eigenvalue weighted by Gasteiger charge is -2.05. The van der Waals surface area contributed by atoms with Crippen LogP contribution >= 0.6 is 33.9 Å². The number of carbonyl (C=O) groups excluding carboxylic acids is 1. The van der Waals surface area contributed by atoms with Gasteiger partial charge in [0.2, 0.25) is 5.13 Å². The van der Waals surface area contributed by atoms with Crippen molar-refractivity contribution in [1.82, 2.24) is 15.2 Å². The maximum Gasteiger partial charge on any atom is 0.258 e. The molecule has 3 aromatic rings. The molecule has 1 amide bonds. The Morgan fingerprint density at radius 3 is 2.82 bits per heavy atom. The quantitative estimate of drug-likeness (QED) is 0.653. The van der Waals surface area contributed by atoms with Crippen molar-refractivity contribution in [1.29, 1.82) is 0 Å². The zero-order chi connectivity index (χ0) is 15.5. The number of halogens is 1. The average molecular weight is 422 g/mol. The summed E-state index contributed by atoms with van der Waals surface area (Å²) < 4.78 is 0.937. The summed E-state index contributed by atoms with van der Waals surface area (Å²) in [5.41, 5.74) is 2.44. The van der Waals surface area contributed by atoms with Crippen LogP contribution in [0, 0.1) is 10.5 Å². The van der Waals surface area contributed by atoms with Crippen LogP contribution in [0.1, 0.15) is 15.9 Å². The highest BCUT2D eigenvalue weighted by atomic mass is 127. The molecule has 110 valence electrons. The molecule has 0 unspecified atom stereocenters. The van der Waals surface area contributed by atoms with Crippen LogP contribution in [0.2, 0.25) is 0 Å². The summed E-state index contributed by atoms with van der Waals surface area (Å²) in [7, 11) is 0. The second kappa shape index (κ2) is 6.49. The molecule has 1 N–H and O–H groups in total. The highest BCUT2D eigenvalue weighted by Crippen LogP contribution is 2.25. The Morgan fingerprint density at radius 2 is 2.05 bits per heavy atom. The highest BCUT2D eigenvalue weighted by Gasteiger charge is 2.14. The van der Waals surface area contributed by atoms with E-state index in [0.29, 0.717) is 15.7 Å². The van der Waals surface area contributed by atoms with Gasteiger partial charge in [-0.2, -0.15) is 0 Å². The van der Waals surface area contributed by atoms with Crippen LogP contribution in [-0.4, -0.2) is 21.1 Å². The van der Waals surface area contributed by atoms with E-state index in [-0.39, 0.29) is 5.91 Å². The number of nitrogens with zero attached hydrogens (tertiary/aromatic N) is 3. The number of benzene rings is 1. The minimum atomic E-state index is -0.183. The monoisotopic (exact) mass is 422 g/mol. The van der Waals surface area contributed by atoms with Crippen molar-refractivity contribution in [3.63, 3.8) is 0 Å². The Labute approximate surface area is 145 Å². The van der Waals surface area contributed by atoms with Gasteiger partial charge >= 0.3 is 0 Å². The maximum atomic E-state index is 12.3. The standard InChI is InChI=1S/C15H11IN4OS/c1-9-5-4-6-10(12(9)16)13(21)18-15-20-19-14(22-15)11-7-2-3-8-17-11/h2-8H,1H3,(H,18,20,21). The Balaban J connectivity index is 1.81. The SMILES string of the molecule is Cc1cccc(C(=O)Nc2nnc(-c3ccccn3)s2)c1I. The molecule has 0 fully saturated rings. The van der Waals surface area contributed by atoms with Gasteiger partial charge in [-0.05, 0) is 53.3 Å². The van der Waals surface area contributed by atoms with Crippen LogP contribution in [-0.2, 0) is 0 Å². The normalized spacial score (nSPS) is 10.5. The summed E-state index contributed by atoms with van der Waals surface area (Å²) >= 11 is 3.47. The van der Waals surface area contributed by atoms with E-state index in [4.69, 9.17) is 0 Å². The smallest absolute Gasteiger partial charge is 0.258 e. The number of rotatable bonds is 3. The third-order valence-corrected chi connectivity index (χ3v) is 5.26. The zero-order valence-electron chi connectivity index (χ0n) is 11.6. The van der Waals surface area contributed by atoms with Gasteiger partial charge in [-0.25, -0.2) is 0 Å². The lowest BCUT2D eigenvalue weighted by molar-refractivity contribution is 0.102. The van der Waals surface area contributed by atoms with E-state index in [9.17, 15) is 4.79 Å². The van der Waals surface area contributed by atoms with Crippen molar-refractivity contribution >= 4 is 45.0 Å². The predicted molar refractivity (Wildman–Crippen MR) is 95.0 cm³/mol. The fraction of sp³-hybridized carbons (Fsp3) is 0.0667. The maximum absolute atomic E-state index is 12.3. The van der Waals surface area contributed by atoms with Crippen molar-refractivity contribution in [3.8, 4) is 10.7 Å². The van der Waals surface area contributed by atoms with E-state index in [0.717, 1.165) is 14.8 Å². The second-order valence-electron chi connectivity index (χ2n) is 4.52. The van der Waals surface area contributed by atoms with Crippen LogP contribution in [0.4, 0.5) is 5.13 Å². The van der Waals surface area contributed by atoms with Gasteiger partial charge in [-0.15, -0.1) is 10.2 Å². The Morgan fingerprint density at radius 1 is 1.18 bits per heavy atom. The zero-order valence-corrected chi connectivity index (χ0v) is 14.6. The van der Waals surface area contributed by atoms with Gasteiger partial charge in [-0.3, -0.25) is 15.1 Å². The van der Waals surface area contributed by atoms with Gasteiger partial charge in [0.25, 0.3) is 5.91 Å². The third-order valence-electron chi connectivity index (χ3n) is 2.97. The van der Waals surface area contributed by atoms with Gasteiger partial charge in [-0.1, -0.05) is 29.5 Å². The molecule has 2 aromatic heterocycles.